The summed E-state index contributed by atoms with van der Waals surface area (Å²) in [5, 5.41) is 2.20. The lowest BCUT2D eigenvalue weighted by Crippen LogP contribution is -1.94. The highest BCUT2D eigenvalue weighted by atomic mass is 35.5. The minimum Gasteiger partial charge on any atom is -0.228 e. The van der Waals surface area contributed by atoms with Crippen molar-refractivity contribution in [2.45, 2.75) is 6.92 Å². The van der Waals surface area contributed by atoms with Gasteiger partial charge in [0, 0.05) is 10.6 Å². The van der Waals surface area contributed by atoms with E-state index in [0.29, 0.717) is 26.4 Å². The second-order valence-electron chi connectivity index (χ2n) is 4.44. The minimum absolute atomic E-state index is 0.346. The van der Waals surface area contributed by atoms with E-state index in [9.17, 15) is 0 Å². The Bertz CT molecular complexity index is 816. The van der Waals surface area contributed by atoms with Crippen molar-refractivity contribution in [1.29, 1.82) is 0 Å². The summed E-state index contributed by atoms with van der Waals surface area (Å²) in [7, 11) is 0. The Hall–Kier alpha value is -1.35. The molecule has 0 aliphatic rings. The van der Waals surface area contributed by atoms with Crippen molar-refractivity contribution < 1.29 is 0 Å². The Kier molecular flexibility index (Phi) is 3.55. The van der Waals surface area contributed by atoms with Gasteiger partial charge in [0.15, 0.2) is 5.82 Å². The maximum atomic E-state index is 6.26. The molecule has 5 heteroatoms. The SMILES string of the molecule is Cc1ccc(Cl)c2c(Cl)nc(-c3cccc(Cl)c3)nc12. The number of nitrogens with zero attached hydrogens (tertiary/aromatic N) is 2. The molecule has 0 amide bonds. The van der Waals surface area contributed by atoms with Crippen molar-refractivity contribution in [3.05, 3.63) is 57.2 Å². The summed E-state index contributed by atoms with van der Waals surface area (Å²) < 4.78 is 0. The molecule has 0 saturated heterocycles. The Morgan fingerprint density at radius 1 is 0.950 bits per heavy atom. The van der Waals surface area contributed by atoms with Gasteiger partial charge in [-0.15, -0.1) is 0 Å². The van der Waals surface area contributed by atoms with Gasteiger partial charge in [0.2, 0.25) is 0 Å². The average molecular weight is 324 g/mol. The molecule has 0 aliphatic carbocycles. The van der Waals surface area contributed by atoms with Gasteiger partial charge in [0.25, 0.3) is 0 Å². The number of aromatic nitrogens is 2. The zero-order valence-electron chi connectivity index (χ0n) is 10.5. The van der Waals surface area contributed by atoms with Gasteiger partial charge in [-0.3, -0.25) is 0 Å². The molecule has 0 spiro atoms. The highest BCUT2D eigenvalue weighted by molar-refractivity contribution is 6.41. The molecule has 0 atom stereocenters. The van der Waals surface area contributed by atoms with Crippen LogP contribution in [0.25, 0.3) is 22.3 Å². The van der Waals surface area contributed by atoms with E-state index in [1.807, 2.05) is 25.1 Å². The van der Waals surface area contributed by atoms with E-state index in [0.717, 1.165) is 16.6 Å². The molecule has 0 aliphatic heterocycles. The molecule has 20 heavy (non-hydrogen) atoms. The van der Waals surface area contributed by atoms with Crippen LogP contribution in [-0.4, -0.2) is 9.97 Å². The fourth-order valence-corrected chi connectivity index (χ4v) is 2.80. The lowest BCUT2D eigenvalue weighted by molar-refractivity contribution is 1.22. The lowest BCUT2D eigenvalue weighted by atomic mass is 10.1. The van der Waals surface area contributed by atoms with E-state index in [1.165, 1.54) is 0 Å². The maximum absolute atomic E-state index is 6.26. The largest absolute Gasteiger partial charge is 0.228 e. The van der Waals surface area contributed by atoms with Crippen molar-refractivity contribution in [2.75, 3.05) is 0 Å². The number of hydrogen-bond donors (Lipinski definition) is 0. The number of aryl methyl sites for hydroxylation is 1. The maximum Gasteiger partial charge on any atom is 0.161 e. The van der Waals surface area contributed by atoms with Gasteiger partial charge >= 0.3 is 0 Å². The molecular formula is C15H9Cl3N2. The van der Waals surface area contributed by atoms with Crippen molar-refractivity contribution >= 4 is 45.7 Å². The standard InChI is InChI=1S/C15H9Cl3N2/c1-8-5-6-11(17)12-13(8)19-15(20-14(12)18)9-3-2-4-10(16)7-9/h2-7H,1H3. The van der Waals surface area contributed by atoms with Crippen molar-refractivity contribution in [1.82, 2.24) is 9.97 Å². The Labute approximate surface area is 131 Å². The predicted octanol–water partition coefficient (Wildman–Crippen LogP) is 5.57. The smallest absolute Gasteiger partial charge is 0.161 e. The Morgan fingerprint density at radius 2 is 1.75 bits per heavy atom. The molecule has 0 radical (unpaired) electrons. The molecule has 3 aromatic rings. The van der Waals surface area contributed by atoms with E-state index < -0.39 is 0 Å². The van der Waals surface area contributed by atoms with Gasteiger partial charge in [-0.05, 0) is 30.7 Å². The first-order valence-electron chi connectivity index (χ1n) is 5.94. The molecule has 0 bridgehead atoms. The molecule has 0 fully saturated rings. The van der Waals surface area contributed by atoms with Crippen LogP contribution in [0.15, 0.2) is 36.4 Å². The summed E-state index contributed by atoms with van der Waals surface area (Å²) in [6.07, 6.45) is 0. The highest BCUT2D eigenvalue weighted by Crippen LogP contribution is 2.32. The average Bonchev–Trinajstić information content (AvgIpc) is 2.42. The molecule has 0 N–H and O–H groups in total. The van der Waals surface area contributed by atoms with E-state index in [-0.39, 0.29) is 0 Å². The van der Waals surface area contributed by atoms with Crippen LogP contribution in [0.1, 0.15) is 5.56 Å². The summed E-state index contributed by atoms with van der Waals surface area (Å²) in [5.74, 6) is 0.537. The van der Waals surface area contributed by atoms with Crippen LogP contribution in [0.5, 0.6) is 0 Å². The molecule has 100 valence electrons. The summed E-state index contributed by atoms with van der Waals surface area (Å²) in [4.78, 5) is 8.90. The molecule has 1 aromatic heterocycles. The first kappa shape index (κ1) is 13.6. The number of benzene rings is 2. The van der Waals surface area contributed by atoms with Gasteiger partial charge in [-0.2, -0.15) is 0 Å². The third-order valence-corrected chi connectivity index (χ3v) is 3.86. The number of hydrogen-bond acceptors (Lipinski definition) is 2. The first-order valence-corrected chi connectivity index (χ1v) is 7.08. The van der Waals surface area contributed by atoms with Crippen LogP contribution in [0, 0.1) is 6.92 Å². The fourth-order valence-electron chi connectivity index (χ4n) is 2.05. The zero-order chi connectivity index (χ0) is 14.3. The van der Waals surface area contributed by atoms with Gasteiger partial charge in [0.1, 0.15) is 5.15 Å². The van der Waals surface area contributed by atoms with Crippen LogP contribution in [-0.2, 0) is 0 Å². The molecule has 1 heterocycles. The second-order valence-corrected chi connectivity index (χ2v) is 5.64. The van der Waals surface area contributed by atoms with Crippen molar-refractivity contribution in [2.24, 2.45) is 0 Å². The molecule has 3 rings (SSSR count). The van der Waals surface area contributed by atoms with Crippen LogP contribution in [0.4, 0.5) is 0 Å². The van der Waals surface area contributed by atoms with Gasteiger partial charge in [-0.1, -0.05) is 53.0 Å². The third-order valence-electron chi connectivity index (χ3n) is 3.04. The highest BCUT2D eigenvalue weighted by Gasteiger charge is 2.12. The second kappa shape index (κ2) is 5.21. The monoisotopic (exact) mass is 322 g/mol. The summed E-state index contributed by atoms with van der Waals surface area (Å²) >= 11 is 18.4. The van der Waals surface area contributed by atoms with Crippen LogP contribution in [0.3, 0.4) is 0 Å². The molecule has 0 unspecified atom stereocenters. The van der Waals surface area contributed by atoms with E-state index in [2.05, 4.69) is 9.97 Å². The predicted molar refractivity (Wildman–Crippen MR) is 84.7 cm³/mol. The molecule has 0 saturated carbocycles. The Balaban J connectivity index is 2.32. The van der Waals surface area contributed by atoms with Crippen LogP contribution >= 0.6 is 34.8 Å². The summed E-state index contributed by atoms with van der Waals surface area (Å²) in [5.41, 5.74) is 2.57. The van der Waals surface area contributed by atoms with E-state index >= 15 is 0 Å². The van der Waals surface area contributed by atoms with Gasteiger partial charge < -0.3 is 0 Å². The number of rotatable bonds is 1. The van der Waals surface area contributed by atoms with Crippen molar-refractivity contribution in [3.63, 3.8) is 0 Å². The summed E-state index contributed by atoms with van der Waals surface area (Å²) in [6, 6.07) is 11.1. The van der Waals surface area contributed by atoms with E-state index in [4.69, 9.17) is 34.8 Å². The van der Waals surface area contributed by atoms with Gasteiger partial charge in [-0.25, -0.2) is 9.97 Å². The quantitative estimate of drug-likeness (QED) is 0.547. The lowest BCUT2D eigenvalue weighted by Gasteiger charge is -2.08. The number of halogens is 3. The van der Waals surface area contributed by atoms with Crippen molar-refractivity contribution in [3.8, 4) is 11.4 Å². The first-order chi connectivity index (χ1) is 9.56. The topological polar surface area (TPSA) is 25.8 Å². The molecular weight excluding hydrogens is 315 g/mol. The normalized spacial score (nSPS) is 11.0. The van der Waals surface area contributed by atoms with Crippen LogP contribution in [0.2, 0.25) is 15.2 Å². The third kappa shape index (κ3) is 2.35. The van der Waals surface area contributed by atoms with E-state index in [1.54, 1.807) is 18.2 Å². The molecule has 2 aromatic carbocycles. The fraction of sp³-hybridized carbons (Fsp3) is 0.0667. The summed E-state index contributed by atoms with van der Waals surface area (Å²) in [6.45, 7) is 1.96. The minimum atomic E-state index is 0.346. The number of fused-ring (bicyclic) bond motifs is 1. The van der Waals surface area contributed by atoms with Crippen LogP contribution < -0.4 is 0 Å². The zero-order valence-corrected chi connectivity index (χ0v) is 12.8. The molecule has 2 nitrogen and oxygen atoms in total. The Morgan fingerprint density at radius 3 is 2.50 bits per heavy atom. The van der Waals surface area contributed by atoms with Gasteiger partial charge in [0.05, 0.1) is 15.9 Å².